The summed E-state index contributed by atoms with van der Waals surface area (Å²) >= 11 is 5.87. The molecule has 170 valence electrons. The summed E-state index contributed by atoms with van der Waals surface area (Å²) in [6, 6.07) is 7.52. The molecule has 2 N–H and O–H groups in total. The quantitative estimate of drug-likeness (QED) is 0.228. The summed E-state index contributed by atoms with van der Waals surface area (Å²) in [5.41, 5.74) is 0.759. The summed E-state index contributed by atoms with van der Waals surface area (Å²) in [6.45, 7) is 7.69. The van der Waals surface area contributed by atoms with Crippen molar-refractivity contribution in [2.24, 2.45) is 10.9 Å². The van der Waals surface area contributed by atoms with E-state index < -0.39 is 0 Å². The number of carbonyl (C=O) groups excluding carboxylic acids is 1. The van der Waals surface area contributed by atoms with Crippen molar-refractivity contribution in [1.29, 1.82) is 0 Å². The third kappa shape index (κ3) is 7.68. The Bertz CT molecular complexity index is 827. The molecule has 3 rings (SSSR count). The Labute approximate surface area is 206 Å². The number of guanidine groups is 1. The van der Waals surface area contributed by atoms with E-state index in [4.69, 9.17) is 16.6 Å². The fraction of sp³-hybridized carbons (Fsp3) is 0.500. The second-order valence-corrected chi connectivity index (χ2v) is 8.12. The number of halogens is 2. The summed E-state index contributed by atoms with van der Waals surface area (Å²) in [4.78, 5) is 23.5. The van der Waals surface area contributed by atoms with Gasteiger partial charge in [-0.1, -0.05) is 18.5 Å². The molecule has 2 heterocycles. The summed E-state index contributed by atoms with van der Waals surface area (Å²) in [7, 11) is 0. The molecule has 1 fully saturated rings. The molecule has 0 aliphatic carbocycles. The minimum Gasteiger partial charge on any atom is -0.357 e. The average molecular weight is 559 g/mol. The largest absolute Gasteiger partial charge is 0.357 e. The Balaban J connectivity index is 0.00000341. The van der Waals surface area contributed by atoms with Crippen LogP contribution in [0, 0.1) is 5.92 Å². The van der Waals surface area contributed by atoms with Crippen molar-refractivity contribution in [1.82, 2.24) is 19.8 Å². The number of piperidine rings is 1. The van der Waals surface area contributed by atoms with Crippen LogP contribution in [0.2, 0.25) is 5.02 Å². The second kappa shape index (κ2) is 12.9. The van der Waals surface area contributed by atoms with Crippen molar-refractivity contribution >= 4 is 53.1 Å². The molecule has 9 heteroatoms. The highest BCUT2D eigenvalue weighted by Gasteiger charge is 2.28. The number of nitrogens with zero attached hydrogens (tertiary/aromatic N) is 4. The van der Waals surface area contributed by atoms with Crippen molar-refractivity contribution in [3.05, 3.63) is 48.0 Å². The molecule has 31 heavy (non-hydrogen) atoms. The van der Waals surface area contributed by atoms with Gasteiger partial charge in [-0.25, -0.2) is 4.98 Å². The van der Waals surface area contributed by atoms with E-state index in [9.17, 15) is 4.79 Å². The molecule has 0 saturated carbocycles. The third-order valence-corrected chi connectivity index (χ3v) is 5.66. The fourth-order valence-corrected chi connectivity index (χ4v) is 3.83. The minimum atomic E-state index is -0.00973. The highest BCUT2D eigenvalue weighted by Crippen LogP contribution is 2.27. The highest BCUT2D eigenvalue weighted by molar-refractivity contribution is 14.0. The number of nitrogens with one attached hydrogen (secondary N) is 2. The van der Waals surface area contributed by atoms with Gasteiger partial charge in [-0.2, -0.15) is 0 Å². The first-order valence-corrected chi connectivity index (χ1v) is 11.0. The maximum absolute atomic E-state index is 12.2. The van der Waals surface area contributed by atoms with E-state index in [2.05, 4.69) is 38.9 Å². The van der Waals surface area contributed by atoms with Crippen LogP contribution >= 0.6 is 35.6 Å². The van der Waals surface area contributed by atoms with Crippen molar-refractivity contribution in [3.8, 4) is 0 Å². The smallest absolute Gasteiger partial charge is 0.224 e. The Morgan fingerprint density at radius 3 is 2.77 bits per heavy atom. The van der Waals surface area contributed by atoms with Crippen LogP contribution in [-0.2, 0) is 4.79 Å². The molecule has 1 amide bonds. The van der Waals surface area contributed by atoms with E-state index in [0.29, 0.717) is 36.4 Å². The van der Waals surface area contributed by atoms with Gasteiger partial charge in [-0.3, -0.25) is 9.79 Å². The number of rotatable bonds is 7. The minimum absolute atomic E-state index is 0. The van der Waals surface area contributed by atoms with Gasteiger partial charge in [-0.05, 0) is 49.9 Å². The molecular weight excluding hydrogens is 527 g/mol. The summed E-state index contributed by atoms with van der Waals surface area (Å²) < 4.78 is 2.20. The number of benzene rings is 1. The molecule has 1 aromatic carbocycles. The van der Waals surface area contributed by atoms with Crippen molar-refractivity contribution in [3.63, 3.8) is 0 Å². The van der Waals surface area contributed by atoms with Crippen LogP contribution in [0.3, 0.4) is 0 Å². The maximum atomic E-state index is 12.2. The van der Waals surface area contributed by atoms with Crippen LogP contribution in [0.15, 0.2) is 48.0 Å². The van der Waals surface area contributed by atoms with Gasteiger partial charge in [0.05, 0.1) is 12.4 Å². The number of imidazole rings is 1. The molecule has 1 aliphatic rings. The zero-order chi connectivity index (χ0) is 21.3. The monoisotopic (exact) mass is 558 g/mol. The lowest BCUT2D eigenvalue weighted by Crippen LogP contribution is -2.49. The van der Waals surface area contributed by atoms with E-state index in [1.807, 2.05) is 18.7 Å². The number of carbonyl (C=O) groups is 1. The zero-order valence-electron chi connectivity index (χ0n) is 18.1. The van der Waals surface area contributed by atoms with Gasteiger partial charge in [0, 0.05) is 55.7 Å². The van der Waals surface area contributed by atoms with Crippen LogP contribution in [-0.4, -0.2) is 52.5 Å². The molecule has 1 aliphatic heterocycles. The van der Waals surface area contributed by atoms with Gasteiger partial charge < -0.3 is 20.1 Å². The normalized spacial score (nSPS) is 18.9. The van der Waals surface area contributed by atoms with Gasteiger partial charge in [0.15, 0.2) is 5.96 Å². The summed E-state index contributed by atoms with van der Waals surface area (Å²) in [5, 5.41) is 6.95. The predicted molar refractivity (Wildman–Crippen MR) is 137 cm³/mol. The first-order valence-electron chi connectivity index (χ1n) is 10.6. The molecule has 0 bridgehead atoms. The molecule has 7 nitrogen and oxygen atoms in total. The zero-order valence-corrected chi connectivity index (χ0v) is 21.2. The van der Waals surface area contributed by atoms with Crippen LogP contribution in [0.4, 0.5) is 5.69 Å². The Kier molecular flexibility index (Phi) is 10.6. The average Bonchev–Trinajstić information content (AvgIpc) is 3.27. The maximum Gasteiger partial charge on any atom is 0.224 e. The summed E-state index contributed by atoms with van der Waals surface area (Å²) in [6.07, 6.45) is 8.00. The second-order valence-electron chi connectivity index (χ2n) is 7.68. The van der Waals surface area contributed by atoms with Crippen LogP contribution in [0.5, 0.6) is 0 Å². The fourth-order valence-electron chi connectivity index (χ4n) is 3.70. The van der Waals surface area contributed by atoms with E-state index >= 15 is 0 Å². The molecule has 1 aromatic heterocycles. The van der Waals surface area contributed by atoms with E-state index in [1.165, 1.54) is 0 Å². The molecule has 0 radical (unpaired) electrons. The first kappa shape index (κ1) is 25.5. The van der Waals surface area contributed by atoms with Gasteiger partial charge in [0.1, 0.15) is 0 Å². The van der Waals surface area contributed by atoms with Gasteiger partial charge in [-0.15, -0.1) is 24.0 Å². The number of hydrogen-bond donors (Lipinski definition) is 2. The molecule has 0 spiro atoms. The Morgan fingerprint density at radius 1 is 1.32 bits per heavy atom. The Morgan fingerprint density at radius 2 is 2.10 bits per heavy atom. The van der Waals surface area contributed by atoms with Gasteiger partial charge in [0.2, 0.25) is 5.91 Å². The molecule has 2 atom stereocenters. The topological polar surface area (TPSA) is 74.6 Å². The van der Waals surface area contributed by atoms with Crippen LogP contribution in [0.1, 0.15) is 39.2 Å². The number of likely N-dealkylation sites (tertiary alicyclic amines) is 1. The van der Waals surface area contributed by atoms with E-state index in [0.717, 1.165) is 37.7 Å². The highest BCUT2D eigenvalue weighted by atomic mass is 127. The third-order valence-electron chi connectivity index (χ3n) is 5.41. The van der Waals surface area contributed by atoms with E-state index in [1.54, 1.807) is 24.3 Å². The molecule has 2 aromatic rings. The number of aliphatic imine (C=N–C) groups is 1. The van der Waals surface area contributed by atoms with Gasteiger partial charge in [0.25, 0.3) is 0 Å². The Hall–Kier alpha value is -1.81. The van der Waals surface area contributed by atoms with Gasteiger partial charge >= 0.3 is 0 Å². The predicted octanol–water partition coefficient (Wildman–Crippen LogP) is 4.42. The lowest BCUT2D eigenvalue weighted by atomic mass is 9.93. The lowest BCUT2D eigenvalue weighted by Gasteiger charge is -2.39. The van der Waals surface area contributed by atoms with Crippen LogP contribution < -0.4 is 10.6 Å². The number of hydrogen-bond acceptors (Lipinski definition) is 3. The number of amides is 1. The van der Waals surface area contributed by atoms with Crippen molar-refractivity contribution in [2.45, 2.75) is 39.2 Å². The van der Waals surface area contributed by atoms with E-state index in [-0.39, 0.29) is 29.9 Å². The molecule has 2 unspecified atom stereocenters. The van der Waals surface area contributed by atoms with Crippen molar-refractivity contribution < 1.29 is 4.79 Å². The van der Waals surface area contributed by atoms with Crippen molar-refractivity contribution in [2.75, 3.05) is 31.5 Å². The molecular formula is C22H32ClIN6O. The molecule has 1 saturated heterocycles. The number of anilines is 1. The SMILES string of the molecule is CCNC(=NCCCC(=O)Nc1ccc(Cl)cc1)N1CCC(C)C(n2ccnc2)C1.I. The first-order chi connectivity index (χ1) is 14.6. The summed E-state index contributed by atoms with van der Waals surface area (Å²) in [5.74, 6) is 1.51. The van der Waals surface area contributed by atoms with Crippen LogP contribution in [0.25, 0.3) is 0 Å². The standard InChI is InChI=1S/C22H31ClN6O.HI/c1-3-25-22(28-13-10-17(2)20(15-28)29-14-12-24-16-29)26-11-4-5-21(30)27-19-8-6-18(23)7-9-19;/h6-9,12,14,16-17,20H,3-5,10-11,13,15H2,1-2H3,(H,25,26)(H,27,30);1H. The lowest BCUT2D eigenvalue weighted by molar-refractivity contribution is -0.116. The number of aromatic nitrogens is 2.